The van der Waals surface area contributed by atoms with Gasteiger partial charge in [-0.15, -0.1) is 0 Å². The van der Waals surface area contributed by atoms with Crippen LogP contribution in [0.1, 0.15) is 24.2 Å². The third-order valence-corrected chi connectivity index (χ3v) is 4.25. The minimum absolute atomic E-state index is 0.0418. The fourth-order valence-electron chi connectivity index (χ4n) is 3.11. The van der Waals surface area contributed by atoms with Gasteiger partial charge in [0.05, 0.1) is 23.2 Å². The van der Waals surface area contributed by atoms with Gasteiger partial charge >= 0.3 is 5.69 Å². The maximum absolute atomic E-state index is 12.7. The molecule has 0 spiro atoms. The van der Waals surface area contributed by atoms with E-state index in [1.54, 1.807) is 11.9 Å². The average molecular weight is 332 g/mol. The molecular weight excluding hydrogens is 312 g/mol. The Morgan fingerprint density at radius 1 is 1.17 bits per heavy atom. The second-order valence-electron chi connectivity index (χ2n) is 6.27. The standard InChI is InChI=1S/C16H20N4O4/c1-9-7-20(8-10(2)24-9)14(21)11-5-12-13(17-6-11)18(3)16(23)19(4)15(12)22/h5-6,9-10H,7-8H2,1-4H3. The van der Waals surface area contributed by atoms with Crippen LogP contribution in [0.4, 0.5) is 0 Å². The Labute approximate surface area is 138 Å². The van der Waals surface area contributed by atoms with E-state index in [1.807, 2.05) is 13.8 Å². The molecule has 2 aromatic rings. The first-order valence-corrected chi connectivity index (χ1v) is 7.80. The van der Waals surface area contributed by atoms with Crippen molar-refractivity contribution in [1.82, 2.24) is 19.0 Å². The van der Waals surface area contributed by atoms with E-state index in [0.29, 0.717) is 18.7 Å². The Kier molecular flexibility index (Phi) is 4.00. The van der Waals surface area contributed by atoms with Crippen molar-refractivity contribution in [3.05, 3.63) is 38.7 Å². The summed E-state index contributed by atoms with van der Waals surface area (Å²) in [6.45, 7) is 4.82. The largest absolute Gasteiger partial charge is 0.372 e. The zero-order valence-electron chi connectivity index (χ0n) is 14.1. The van der Waals surface area contributed by atoms with Crippen LogP contribution in [-0.4, -0.2) is 50.2 Å². The molecule has 8 heteroatoms. The predicted molar refractivity (Wildman–Crippen MR) is 88.1 cm³/mol. The number of nitrogens with zero attached hydrogens (tertiary/aromatic N) is 4. The molecule has 0 aliphatic carbocycles. The number of morpholine rings is 1. The van der Waals surface area contributed by atoms with Crippen LogP contribution >= 0.6 is 0 Å². The van der Waals surface area contributed by atoms with Gasteiger partial charge in [-0.3, -0.25) is 18.7 Å². The summed E-state index contributed by atoms with van der Waals surface area (Å²) in [6, 6.07) is 1.51. The molecule has 2 aromatic heterocycles. The predicted octanol–water partition coefficient (Wildman–Crippen LogP) is -0.118. The summed E-state index contributed by atoms with van der Waals surface area (Å²) in [5, 5.41) is 0.250. The first kappa shape index (κ1) is 16.4. The molecule has 0 bridgehead atoms. The first-order valence-electron chi connectivity index (χ1n) is 7.80. The van der Waals surface area contributed by atoms with E-state index < -0.39 is 11.2 Å². The second kappa shape index (κ2) is 5.86. The lowest BCUT2D eigenvalue weighted by Gasteiger charge is -2.35. The summed E-state index contributed by atoms with van der Waals surface area (Å²) in [4.78, 5) is 42.9. The van der Waals surface area contributed by atoms with Crippen molar-refractivity contribution in [2.75, 3.05) is 13.1 Å². The lowest BCUT2D eigenvalue weighted by Crippen LogP contribution is -2.48. The molecule has 1 aliphatic heterocycles. The van der Waals surface area contributed by atoms with Crippen LogP contribution in [0.5, 0.6) is 0 Å². The van der Waals surface area contributed by atoms with Crippen molar-refractivity contribution < 1.29 is 9.53 Å². The number of ether oxygens (including phenoxy) is 1. The Morgan fingerprint density at radius 2 is 1.79 bits per heavy atom. The number of fused-ring (bicyclic) bond motifs is 1. The van der Waals surface area contributed by atoms with E-state index in [4.69, 9.17) is 4.74 Å². The molecule has 3 heterocycles. The maximum Gasteiger partial charge on any atom is 0.332 e. The molecule has 3 rings (SSSR count). The molecule has 24 heavy (non-hydrogen) atoms. The number of carbonyl (C=O) groups is 1. The smallest absolute Gasteiger partial charge is 0.332 e. The number of aryl methyl sites for hydroxylation is 1. The van der Waals surface area contributed by atoms with E-state index in [-0.39, 0.29) is 29.1 Å². The molecule has 1 aliphatic rings. The van der Waals surface area contributed by atoms with Crippen LogP contribution in [0.15, 0.2) is 21.9 Å². The third kappa shape index (κ3) is 2.62. The van der Waals surface area contributed by atoms with Gasteiger partial charge in [-0.1, -0.05) is 0 Å². The SMILES string of the molecule is CC1CN(C(=O)c2cnc3c(c2)c(=O)n(C)c(=O)n3C)CC(C)O1. The van der Waals surface area contributed by atoms with Crippen molar-refractivity contribution in [2.45, 2.75) is 26.1 Å². The molecular formula is C16H20N4O4. The lowest BCUT2D eigenvalue weighted by molar-refractivity contribution is -0.0586. The molecule has 0 radical (unpaired) electrons. The molecule has 0 N–H and O–H groups in total. The van der Waals surface area contributed by atoms with Crippen molar-refractivity contribution in [3.63, 3.8) is 0 Å². The van der Waals surface area contributed by atoms with Crippen LogP contribution in [0.2, 0.25) is 0 Å². The van der Waals surface area contributed by atoms with Crippen LogP contribution in [0.25, 0.3) is 11.0 Å². The maximum atomic E-state index is 12.7. The summed E-state index contributed by atoms with van der Waals surface area (Å²) >= 11 is 0. The van der Waals surface area contributed by atoms with Crippen molar-refractivity contribution >= 4 is 16.9 Å². The number of pyridine rings is 1. The van der Waals surface area contributed by atoms with Gasteiger partial charge in [0.1, 0.15) is 5.65 Å². The molecule has 0 aromatic carbocycles. The monoisotopic (exact) mass is 332 g/mol. The van der Waals surface area contributed by atoms with Gasteiger partial charge in [-0.2, -0.15) is 0 Å². The van der Waals surface area contributed by atoms with Crippen LogP contribution in [0.3, 0.4) is 0 Å². The quantitative estimate of drug-likeness (QED) is 0.727. The molecule has 128 valence electrons. The van der Waals surface area contributed by atoms with Crippen molar-refractivity contribution in [1.29, 1.82) is 0 Å². The number of hydrogen-bond acceptors (Lipinski definition) is 5. The Balaban J connectivity index is 2.07. The zero-order chi connectivity index (χ0) is 17.6. The van der Waals surface area contributed by atoms with Gasteiger partial charge < -0.3 is 9.64 Å². The van der Waals surface area contributed by atoms with Gasteiger partial charge in [0.15, 0.2) is 0 Å². The third-order valence-electron chi connectivity index (χ3n) is 4.25. The molecule has 2 unspecified atom stereocenters. The second-order valence-corrected chi connectivity index (χ2v) is 6.27. The number of rotatable bonds is 1. The average Bonchev–Trinajstić information content (AvgIpc) is 2.56. The van der Waals surface area contributed by atoms with E-state index in [9.17, 15) is 14.4 Å². The highest BCUT2D eigenvalue weighted by atomic mass is 16.5. The first-order chi connectivity index (χ1) is 11.3. The highest BCUT2D eigenvalue weighted by Gasteiger charge is 2.27. The van der Waals surface area contributed by atoms with Crippen LogP contribution < -0.4 is 11.2 Å². The molecule has 0 saturated carbocycles. The van der Waals surface area contributed by atoms with E-state index in [1.165, 1.54) is 23.9 Å². The highest BCUT2D eigenvalue weighted by Crippen LogP contribution is 2.15. The van der Waals surface area contributed by atoms with Crippen LogP contribution in [-0.2, 0) is 18.8 Å². The fraction of sp³-hybridized carbons (Fsp3) is 0.500. The highest BCUT2D eigenvalue weighted by molar-refractivity contribution is 5.96. The van der Waals surface area contributed by atoms with Crippen molar-refractivity contribution in [2.24, 2.45) is 14.1 Å². The van der Waals surface area contributed by atoms with Crippen molar-refractivity contribution in [3.8, 4) is 0 Å². The summed E-state index contributed by atoms with van der Waals surface area (Å²) in [5.41, 5.74) is -0.309. The van der Waals surface area contributed by atoms with Gasteiger partial charge in [0.2, 0.25) is 0 Å². The Morgan fingerprint density at radius 3 is 2.42 bits per heavy atom. The van der Waals surface area contributed by atoms with Gasteiger partial charge in [0, 0.05) is 33.4 Å². The zero-order valence-corrected chi connectivity index (χ0v) is 14.1. The Bertz CT molecular complexity index is 920. The number of carbonyl (C=O) groups excluding carboxylic acids is 1. The number of amides is 1. The summed E-state index contributed by atoms with van der Waals surface area (Å²) in [5.74, 6) is -0.192. The normalized spacial score (nSPS) is 21.2. The number of hydrogen-bond donors (Lipinski definition) is 0. The minimum Gasteiger partial charge on any atom is -0.372 e. The van der Waals surface area contributed by atoms with E-state index >= 15 is 0 Å². The van der Waals surface area contributed by atoms with Gasteiger partial charge in [0.25, 0.3) is 11.5 Å². The van der Waals surface area contributed by atoms with E-state index in [2.05, 4.69) is 4.98 Å². The van der Waals surface area contributed by atoms with Gasteiger partial charge in [-0.25, -0.2) is 9.78 Å². The molecule has 1 saturated heterocycles. The summed E-state index contributed by atoms with van der Waals surface area (Å²) in [7, 11) is 2.95. The summed E-state index contributed by atoms with van der Waals surface area (Å²) in [6.07, 6.45) is 1.33. The fourth-order valence-corrected chi connectivity index (χ4v) is 3.11. The molecule has 8 nitrogen and oxygen atoms in total. The lowest BCUT2D eigenvalue weighted by atomic mass is 10.1. The van der Waals surface area contributed by atoms with Gasteiger partial charge in [-0.05, 0) is 19.9 Å². The summed E-state index contributed by atoms with van der Waals surface area (Å²) < 4.78 is 7.94. The Hall–Kier alpha value is -2.48. The van der Waals surface area contributed by atoms with E-state index in [0.717, 1.165) is 4.57 Å². The van der Waals surface area contributed by atoms with Crippen LogP contribution in [0, 0.1) is 0 Å². The number of aromatic nitrogens is 3. The molecule has 1 amide bonds. The minimum atomic E-state index is -0.459. The topological polar surface area (TPSA) is 86.4 Å². The molecule has 1 fully saturated rings. The molecule has 2 atom stereocenters.